The Bertz CT molecular complexity index is 1980. The minimum atomic E-state index is -3.98. The Kier molecular flexibility index (Phi) is 17.9. The van der Waals surface area contributed by atoms with E-state index < -0.39 is 46.5 Å². The van der Waals surface area contributed by atoms with Gasteiger partial charge in [0.1, 0.15) is 0 Å². The highest BCUT2D eigenvalue weighted by Crippen LogP contribution is 2.43. The Labute approximate surface area is 379 Å². The van der Waals surface area contributed by atoms with Gasteiger partial charge in [-0.15, -0.1) is 0 Å². The van der Waals surface area contributed by atoms with Crippen LogP contribution in [0, 0.1) is 36.5 Å². The molecular weight excluding hydrogens is 845 g/mol. The van der Waals surface area contributed by atoms with Crippen molar-refractivity contribution in [3.63, 3.8) is 0 Å². The molecule has 0 bridgehead atoms. The van der Waals surface area contributed by atoms with Crippen LogP contribution < -0.4 is 10.4 Å². The third-order valence-corrected chi connectivity index (χ3v) is 20.4. The van der Waals surface area contributed by atoms with Gasteiger partial charge < -0.3 is 22.8 Å². The van der Waals surface area contributed by atoms with E-state index in [9.17, 15) is 8.42 Å². The number of benzene rings is 3. The molecule has 0 N–H and O–H groups in total. The fourth-order valence-electron chi connectivity index (χ4n) is 9.06. The van der Waals surface area contributed by atoms with Crippen LogP contribution in [0.4, 0.5) is 0 Å². The van der Waals surface area contributed by atoms with Gasteiger partial charge in [0.05, 0.1) is 29.3 Å². The van der Waals surface area contributed by atoms with E-state index in [2.05, 4.69) is 153 Å². The molecule has 0 amide bonds. The lowest BCUT2D eigenvalue weighted by Crippen LogP contribution is -2.67. The standard InChI is InChI=1S/C50H78O8SSi3/c1-16-42(37-55-62(48(5,6)7,45-25-19-17-20-26-45)46-27-21-18-22-28-46)47-40(3)36-41(4)50(53-9,56-47)34-23-24-43(57-60(10,11)12)33-35-49(8,58-61(13,14)15)38-54-59(51,52)44-31-29-39(2)30-32-44/h17-22,25-32,40-43,47H,16,24,33,35-38H2,1-15H3/t40-,41+,42-,43-,47-,49-,50?/m0/s1. The predicted octanol–water partition coefficient (Wildman–Crippen LogP) is 10.7. The van der Waals surface area contributed by atoms with E-state index in [4.69, 9.17) is 26.9 Å². The molecule has 344 valence electrons. The van der Waals surface area contributed by atoms with E-state index in [1.165, 1.54) is 10.4 Å². The summed E-state index contributed by atoms with van der Waals surface area (Å²) < 4.78 is 66.6. The summed E-state index contributed by atoms with van der Waals surface area (Å²) >= 11 is 0. The van der Waals surface area contributed by atoms with Gasteiger partial charge in [0, 0.05) is 32.0 Å². The molecule has 1 unspecified atom stereocenters. The van der Waals surface area contributed by atoms with Crippen LogP contribution in [0.1, 0.15) is 86.1 Å². The number of hydrogen-bond donors (Lipinski definition) is 0. The Morgan fingerprint density at radius 1 is 0.855 bits per heavy atom. The number of aryl methyl sites for hydroxylation is 1. The number of methoxy groups -OCH3 is 1. The lowest BCUT2D eigenvalue weighted by molar-refractivity contribution is -0.281. The summed E-state index contributed by atoms with van der Waals surface area (Å²) in [5, 5.41) is 2.39. The molecule has 7 atom stereocenters. The zero-order valence-electron chi connectivity index (χ0n) is 40.6. The SMILES string of the molecule is CC[C@@H](CO[Si](c1ccccc1)(c1ccccc1)C(C)(C)C)[C@H]1OC(C#CC[C@@H](CC[C@@](C)(COS(=O)(=O)c2ccc(C)cc2)O[Si](C)(C)C)O[Si](C)(C)C)(OC)[C@H](C)C[C@@H]1C. The molecule has 62 heavy (non-hydrogen) atoms. The van der Waals surface area contributed by atoms with Gasteiger partial charge in [-0.3, -0.25) is 4.18 Å². The van der Waals surface area contributed by atoms with Gasteiger partial charge in [-0.2, -0.15) is 8.42 Å². The van der Waals surface area contributed by atoms with Crippen LogP contribution in [0.3, 0.4) is 0 Å². The summed E-state index contributed by atoms with van der Waals surface area (Å²) in [4.78, 5) is 0.133. The molecule has 0 radical (unpaired) electrons. The zero-order chi connectivity index (χ0) is 46.2. The van der Waals surface area contributed by atoms with Gasteiger partial charge in [-0.05, 0) is 118 Å². The van der Waals surface area contributed by atoms with Gasteiger partial charge in [-0.1, -0.05) is 126 Å². The average molecular weight is 923 g/mol. The fourth-order valence-corrected chi connectivity index (χ4v) is 17.5. The van der Waals surface area contributed by atoms with Crippen molar-refractivity contribution >= 4 is 45.4 Å². The molecule has 1 heterocycles. The van der Waals surface area contributed by atoms with Crippen LogP contribution >= 0.6 is 0 Å². The maximum absolute atomic E-state index is 13.3. The van der Waals surface area contributed by atoms with Crippen molar-refractivity contribution in [1.82, 2.24) is 0 Å². The molecule has 0 aliphatic carbocycles. The monoisotopic (exact) mass is 922 g/mol. The summed E-state index contributed by atoms with van der Waals surface area (Å²) in [5.41, 5.74) is 0.116. The minimum Gasteiger partial charge on any atom is -0.414 e. The maximum Gasteiger partial charge on any atom is 0.297 e. The van der Waals surface area contributed by atoms with Crippen molar-refractivity contribution in [1.29, 1.82) is 0 Å². The Balaban J connectivity index is 1.58. The molecule has 12 heteroatoms. The second-order valence-corrected chi connectivity index (χ2v) is 35.6. The number of hydrogen-bond acceptors (Lipinski definition) is 8. The van der Waals surface area contributed by atoms with Crippen molar-refractivity contribution in [2.75, 3.05) is 20.3 Å². The molecule has 0 aromatic heterocycles. The fraction of sp³-hybridized carbons (Fsp3) is 0.600. The van der Waals surface area contributed by atoms with Crippen LogP contribution in [0.2, 0.25) is 44.3 Å². The van der Waals surface area contributed by atoms with Crippen LogP contribution in [-0.2, 0) is 37.1 Å². The van der Waals surface area contributed by atoms with E-state index in [-0.39, 0.29) is 46.5 Å². The van der Waals surface area contributed by atoms with Gasteiger partial charge in [0.2, 0.25) is 5.79 Å². The predicted molar refractivity (Wildman–Crippen MR) is 262 cm³/mol. The van der Waals surface area contributed by atoms with E-state index in [0.29, 0.717) is 25.9 Å². The van der Waals surface area contributed by atoms with Crippen LogP contribution in [0.15, 0.2) is 89.8 Å². The smallest absolute Gasteiger partial charge is 0.297 e. The van der Waals surface area contributed by atoms with E-state index in [0.717, 1.165) is 18.4 Å². The first-order chi connectivity index (χ1) is 28.8. The van der Waals surface area contributed by atoms with E-state index in [1.807, 2.05) is 13.8 Å². The molecule has 0 saturated carbocycles. The first kappa shape index (κ1) is 52.2. The third kappa shape index (κ3) is 13.8. The summed E-state index contributed by atoms with van der Waals surface area (Å²) in [7, 11) is -9.18. The molecule has 3 aromatic rings. The van der Waals surface area contributed by atoms with Gasteiger partial charge >= 0.3 is 0 Å². The van der Waals surface area contributed by atoms with E-state index in [1.54, 1.807) is 31.4 Å². The van der Waals surface area contributed by atoms with Crippen molar-refractivity contribution in [3.8, 4) is 11.8 Å². The van der Waals surface area contributed by atoms with Gasteiger partial charge in [0.15, 0.2) is 16.6 Å². The largest absolute Gasteiger partial charge is 0.414 e. The second-order valence-electron chi connectivity index (χ2n) is 20.8. The third-order valence-electron chi connectivity index (χ3n) is 12.0. The highest BCUT2D eigenvalue weighted by Gasteiger charge is 2.52. The van der Waals surface area contributed by atoms with Crippen molar-refractivity contribution in [2.24, 2.45) is 17.8 Å². The van der Waals surface area contributed by atoms with Gasteiger partial charge in [0.25, 0.3) is 18.4 Å². The maximum atomic E-state index is 13.3. The molecule has 4 rings (SSSR count). The van der Waals surface area contributed by atoms with Crippen LogP contribution in [0.25, 0.3) is 0 Å². The quantitative estimate of drug-likeness (QED) is 0.0629. The molecule has 3 aromatic carbocycles. The highest BCUT2D eigenvalue weighted by molar-refractivity contribution is 7.86. The molecule has 1 saturated heterocycles. The number of rotatable bonds is 20. The minimum absolute atomic E-state index is 0.0266. The Morgan fingerprint density at radius 2 is 1.42 bits per heavy atom. The van der Waals surface area contributed by atoms with E-state index >= 15 is 0 Å². The zero-order valence-corrected chi connectivity index (χ0v) is 44.4. The van der Waals surface area contributed by atoms with Crippen molar-refractivity contribution < 1.29 is 35.4 Å². The number of ether oxygens (including phenoxy) is 2. The van der Waals surface area contributed by atoms with Crippen LogP contribution in [-0.4, -0.2) is 77.3 Å². The molecule has 0 spiro atoms. The molecule has 1 aliphatic heterocycles. The Hall–Kier alpha value is -2.42. The van der Waals surface area contributed by atoms with Gasteiger partial charge in [-0.25, -0.2) is 0 Å². The lowest BCUT2D eigenvalue weighted by atomic mass is 9.79. The summed E-state index contributed by atoms with van der Waals surface area (Å²) in [6.45, 7) is 30.8. The highest BCUT2D eigenvalue weighted by atomic mass is 32.2. The molecule has 1 aliphatic rings. The summed E-state index contributed by atoms with van der Waals surface area (Å²) in [6, 6.07) is 28.3. The first-order valence-corrected chi connectivity index (χ1v) is 32.7. The summed E-state index contributed by atoms with van der Waals surface area (Å²) in [6.07, 6.45) is 3.05. The second kappa shape index (κ2) is 21.3. The summed E-state index contributed by atoms with van der Waals surface area (Å²) in [5.74, 6) is 6.31. The first-order valence-electron chi connectivity index (χ1n) is 22.6. The van der Waals surface area contributed by atoms with Crippen LogP contribution in [0.5, 0.6) is 0 Å². The molecule has 8 nitrogen and oxygen atoms in total. The normalized spacial score (nSPS) is 22.3. The van der Waals surface area contributed by atoms with Crippen molar-refractivity contribution in [3.05, 3.63) is 90.5 Å². The topological polar surface area (TPSA) is 89.5 Å². The lowest BCUT2D eigenvalue weighted by Gasteiger charge is -2.48. The molecule has 1 fully saturated rings. The van der Waals surface area contributed by atoms with Crippen molar-refractivity contribution in [2.45, 2.75) is 160 Å². The Morgan fingerprint density at radius 3 is 1.90 bits per heavy atom. The average Bonchev–Trinajstić information content (AvgIpc) is 3.18. The molecular formula is C50H78O8SSi3.